The van der Waals surface area contributed by atoms with E-state index in [1.807, 2.05) is 0 Å². The van der Waals surface area contributed by atoms with Gasteiger partial charge in [0.2, 0.25) is 0 Å². The number of rotatable bonds is 5. The topological polar surface area (TPSA) is 66.4 Å². The molecule has 110 valence electrons. The molecule has 20 heavy (non-hydrogen) atoms. The normalized spacial score (nSPS) is 12.8. The Labute approximate surface area is 113 Å². The number of carbonyl (C=O) groups is 2. The van der Waals surface area contributed by atoms with Crippen LogP contribution in [0.5, 0.6) is 0 Å². The van der Waals surface area contributed by atoms with Gasteiger partial charge in [-0.05, 0) is 24.6 Å². The standard InChI is InChI=1S/C13H14F3NO3/c1-2-8(12(19)20)7-17-11(18)9-4-3-5-10(6-9)13(14,15)16/h3-6,8H,2,7H2,1H3,(H,17,18)(H,19,20). The number of alkyl halides is 3. The molecule has 0 bridgehead atoms. The van der Waals surface area contributed by atoms with E-state index in [-0.39, 0.29) is 12.1 Å². The summed E-state index contributed by atoms with van der Waals surface area (Å²) in [6.45, 7) is 1.52. The molecule has 0 heterocycles. The molecule has 0 saturated carbocycles. The van der Waals surface area contributed by atoms with Crippen LogP contribution in [0, 0.1) is 5.92 Å². The van der Waals surface area contributed by atoms with Crippen LogP contribution in [-0.2, 0) is 11.0 Å². The first-order valence-electron chi connectivity index (χ1n) is 5.94. The van der Waals surface area contributed by atoms with Crippen LogP contribution in [0.2, 0.25) is 0 Å². The lowest BCUT2D eigenvalue weighted by Gasteiger charge is -2.12. The Morgan fingerprint density at radius 2 is 2.00 bits per heavy atom. The number of carbonyl (C=O) groups excluding carboxylic acids is 1. The summed E-state index contributed by atoms with van der Waals surface area (Å²) >= 11 is 0. The third-order valence-electron chi connectivity index (χ3n) is 2.80. The number of benzene rings is 1. The first-order chi connectivity index (χ1) is 9.25. The second-order valence-electron chi connectivity index (χ2n) is 4.23. The van der Waals surface area contributed by atoms with Crippen LogP contribution in [-0.4, -0.2) is 23.5 Å². The van der Waals surface area contributed by atoms with E-state index in [9.17, 15) is 22.8 Å². The van der Waals surface area contributed by atoms with Gasteiger partial charge >= 0.3 is 12.1 Å². The van der Waals surface area contributed by atoms with Crippen molar-refractivity contribution in [2.45, 2.75) is 19.5 Å². The summed E-state index contributed by atoms with van der Waals surface area (Å²) in [6, 6.07) is 3.97. The van der Waals surface area contributed by atoms with E-state index in [1.54, 1.807) is 6.92 Å². The summed E-state index contributed by atoms with van der Waals surface area (Å²) in [4.78, 5) is 22.5. The Morgan fingerprint density at radius 3 is 2.50 bits per heavy atom. The molecular formula is C13H14F3NO3. The van der Waals surface area contributed by atoms with Crippen LogP contribution in [0.4, 0.5) is 13.2 Å². The molecule has 1 atom stereocenters. The average molecular weight is 289 g/mol. The van der Waals surface area contributed by atoms with E-state index in [0.717, 1.165) is 18.2 Å². The largest absolute Gasteiger partial charge is 0.481 e. The molecule has 1 aromatic carbocycles. The number of carboxylic acids is 1. The van der Waals surface area contributed by atoms with E-state index in [2.05, 4.69) is 5.32 Å². The van der Waals surface area contributed by atoms with E-state index in [0.29, 0.717) is 6.42 Å². The third-order valence-corrected chi connectivity index (χ3v) is 2.80. The van der Waals surface area contributed by atoms with Gasteiger partial charge in [0, 0.05) is 12.1 Å². The minimum absolute atomic E-state index is 0.124. The van der Waals surface area contributed by atoms with Crippen molar-refractivity contribution in [1.29, 1.82) is 0 Å². The van der Waals surface area contributed by atoms with Gasteiger partial charge in [-0.1, -0.05) is 13.0 Å². The maximum absolute atomic E-state index is 12.5. The maximum atomic E-state index is 12.5. The van der Waals surface area contributed by atoms with Crippen molar-refractivity contribution in [3.63, 3.8) is 0 Å². The fourth-order valence-electron chi connectivity index (χ4n) is 1.56. The summed E-state index contributed by atoms with van der Waals surface area (Å²) in [6.07, 6.45) is -4.21. The van der Waals surface area contributed by atoms with Crippen molar-refractivity contribution in [3.05, 3.63) is 35.4 Å². The molecule has 1 rings (SSSR count). The second-order valence-corrected chi connectivity index (χ2v) is 4.23. The highest BCUT2D eigenvalue weighted by Crippen LogP contribution is 2.29. The minimum Gasteiger partial charge on any atom is -0.481 e. The van der Waals surface area contributed by atoms with E-state index < -0.39 is 29.5 Å². The molecule has 0 aromatic heterocycles. The number of hydrogen-bond acceptors (Lipinski definition) is 2. The first-order valence-corrected chi connectivity index (χ1v) is 5.94. The van der Waals surface area contributed by atoms with E-state index >= 15 is 0 Å². The highest BCUT2D eigenvalue weighted by Gasteiger charge is 2.30. The average Bonchev–Trinajstić information content (AvgIpc) is 2.38. The summed E-state index contributed by atoms with van der Waals surface area (Å²) in [5.74, 6) is -2.54. The van der Waals surface area contributed by atoms with Gasteiger partial charge in [-0.3, -0.25) is 9.59 Å². The summed E-state index contributed by atoms with van der Waals surface area (Å²) in [7, 11) is 0. The van der Waals surface area contributed by atoms with Gasteiger partial charge in [0.15, 0.2) is 0 Å². The zero-order chi connectivity index (χ0) is 15.3. The van der Waals surface area contributed by atoms with E-state index in [4.69, 9.17) is 5.11 Å². The number of carboxylic acid groups (broad SMARTS) is 1. The molecule has 1 amide bonds. The van der Waals surface area contributed by atoms with Crippen LogP contribution >= 0.6 is 0 Å². The fraction of sp³-hybridized carbons (Fsp3) is 0.385. The Morgan fingerprint density at radius 1 is 1.35 bits per heavy atom. The minimum atomic E-state index is -4.52. The first kappa shape index (κ1) is 16.0. The van der Waals surface area contributed by atoms with Crippen molar-refractivity contribution >= 4 is 11.9 Å². The second kappa shape index (κ2) is 6.40. The lowest BCUT2D eigenvalue weighted by atomic mass is 10.1. The molecule has 0 aliphatic rings. The van der Waals surface area contributed by atoms with Gasteiger partial charge in [0.1, 0.15) is 0 Å². The zero-order valence-corrected chi connectivity index (χ0v) is 10.7. The molecule has 0 saturated heterocycles. The van der Waals surface area contributed by atoms with Crippen LogP contribution in [0.15, 0.2) is 24.3 Å². The third kappa shape index (κ3) is 4.25. The predicted molar refractivity (Wildman–Crippen MR) is 65.2 cm³/mol. The van der Waals surface area contributed by atoms with Crippen LogP contribution in [0.25, 0.3) is 0 Å². The number of amides is 1. The van der Waals surface area contributed by atoms with Gasteiger partial charge in [-0.2, -0.15) is 13.2 Å². The highest BCUT2D eigenvalue weighted by molar-refractivity contribution is 5.94. The van der Waals surface area contributed by atoms with Crippen molar-refractivity contribution < 1.29 is 27.9 Å². The number of aliphatic carboxylic acids is 1. The maximum Gasteiger partial charge on any atom is 0.416 e. The van der Waals surface area contributed by atoms with E-state index in [1.165, 1.54) is 6.07 Å². The van der Waals surface area contributed by atoms with Gasteiger partial charge in [-0.15, -0.1) is 0 Å². The zero-order valence-electron chi connectivity index (χ0n) is 10.7. The summed E-state index contributed by atoms with van der Waals surface area (Å²) in [5, 5.41) is 11.1. The van der Waals surface area contributed by atoms with Gasteiger partial charge < -0.3 is 10.4 Å². The molecule has 0 aliphatic heterocycles. The van der Waals surface area contributed by atoms with Crippen molar-refractivity contribution in [2.24, 2.45) is 5.92 Å². The Balaban J connectivity index is 2.76. The molecule has 2 N–H and O–H groups in total. The van der Waals surface area contributed by atoms with Gasteiger partial charge in [0.25, 0.3) is 5.91 Å². The molecule has 0 aliphatic carbocycles. The van der Waals surface area contributed by atoms with Crippen LogP contribution in [0.1, 0.15) is 29.3 Å². The lowest BCUT2D eigenvalue weighted by Crippen LogP contribution is -2.32. The molecule has 1 unspecified atom stereocenters. The SMILES string of the molecule is CCC(CNC(=O)c1cccc(C(F)(F)F)c1)C(=O)O. The number of hydrogen-bond donors (Lipinski definition) is 2. The van der Waals surface area contributed by atoms with Gasteiger partial charge in [-0.25, -0.2) is 0 Å². The molecule has 4 nitrogen and oxygen atoms in total. The number of nitrogens with one attached hydrogen (secondary N) is 1. The molecule has 0 spiro atoms. The van der Waals surface area contributed by atoms with Crippen LogP contribution in [0.3, 0.4) is 0 Å². The van der Waals surface area contributed by atoms with Crippen molar-refractivity contribution in [1.82, 2.24) is 5.32 Å². The number of halogens is 3. The molecule has 0 fully saturated rings. The monoisotopic (exact) mass is 289 g/mol. The summed E-state index contributed by atoms with van der Waals surface area (Å²) in [5.41, 5.74) is -1.07. The Kier molecular flexibility index (Phi) is 5.12. The molecule has 1 aromatic rings. The molecule has 7 heteroatoms. The summed E-state index contributed by atoms with van der Waals surface area (Å²) < 4.78 is 37.5. The Hall–Kier alpha value is -2.05. The quantitative estimate of drug-likeness (QED) is 0.875. The smallest absolute Gasteiger partial charge is 0.416 e. The van der Waals surface area contributed by atoms with Crippen molar-refractivity contribution in [2.75, 3.05) is 6.54 Å². The fourth-order valence-corrected chi connectivity index (χ4v) is 1.56. The highest BCUT2D eigenvalue weighted by atomic mass is 19.4. The van der Waals surface area contributed by atoms with Gasteiger partial charge in [0.05, 0.1) is 11.5 Å². The molecular weight excluding hydrogens is 275 g/mol. The molecule has 0 radical (unpaired) electrons. The lowest BCUT2D eigenvalue weighted by molar-refractivity contribution is -0.141. The predicted octanol–water partition coefficient (Wildman–Crippen LogP) is 2.55. The van der Waals surface area contributed by atoms with Crippen LogP contribution < -0.4 is 5.32 Å². The Bertz CT molecular complexity index is 500. The van der Waals surface area contributed by atoms with Crippen molar-refractivity contribution in [3.8, 4) is 0 Å².